The molecule has 0 bridgehead atoms. The summed E-state index contributed by atoms with van der Waals surface area (Å²) in [7, 11) is 3.54. The van der Waals surface area contributed by atoms with Crippen LogP contribution in [0.3, 0.4) is 0 Å². The van der Waals surface area contributed by atoms with Gasteiger partial charge in [0.2, 0.25) is 5.91 Å². The molecule has 2 heterocycles. The van der Waals surface area contributed by atoms with Gasteiger partial charge < -0.3 is 19.9 Å². The molecule has 1 N–H and O–H groups in total. The smallest absolute Gasteiger partial charge is 0.243 e. The van der Waals surface area contributed by atoms with E-state index < -0.39 is 0 Å². The Labute approximate surface area is 181 Å². The van der Waals surface area contributed by atoms with Crippen molar-refractivity contribution < 1.29 is 9.53 Å². The van der Waals surface area contributed by atoms with Crippen molar-refractivity contribution in [3.63, 3.8) is 0 Å². The molecule has 2 saturated heterocycles. The SMILES string of the molecule is CCN1CCCC1CNC(=NCC(=O)N(C)C)N1CCOC(c2ccccc2C)C1. The number of nitrogens with zero attached hydrogens (tertiary/aromatic N) is 4. The molecule has 2 atom stereocenters. The molecule has 2 aliphatic rings. The number of likely N-dealkylation sites (tertiary alicyclic amines) is 1. The summed E-state index contributed by atoms with van der Waals surface area (Å²) in [5.41, 5.74) is 2.46. The number of aliphatic imine (C=N–C) groups is 1. The minimum Gasteiger partial charge on any atom is -0.370 e. The number of guanidine groups is 1. The summed E-state index contributed by atoms with van der Waals surface area (Å²) in [6.45, 7) is 9.75. The summed E-state index contributed by atoms with van der Waals surface area (Å²) < 4.78 is 6.09. The largest absolute Gasteiger partial charge is 0.370 e. The fourth-order valence-corrected chi connectivity index (χ4v) is 4.28. The number of likely N-dealkylation sites (N-methyl/N-ethyl adjacent to an activating group) is 2. The maximum Gasteiger partial charge on any atom is 0.243 e. The highest BCUT2D eigenvalue weighted by Gasteiger charge is 2.27. The molecular formula is C23H37N5O2. The number of rotatable bonds is 6. The summed E-state index contributed by atoms with van der Waals surface area (Å²) in [6, 6.07) is 8.91. The lowest BCUT2D eigenvalue weighted by Gasteiger charge is -2.36. The van der Waals surface area contributed by atoms with Crippen LogP contribution in [0.15, 0.2) is 29.3 Å². The maximum absolute atomic E-state index is 12.2. The zero-order valence-corrected chi connectivity index (χ0v) is 18.9. The minimum absolute atomic E-state index is 0.00839. The van der Waals surface area contributed by atoms with E-state index in [4.69, 9.17) is 9.73 Å². The second-order valence-electron chi connectivity index (χ2n) is 8.40. The lowest BCUT2D eigenvalue weighted by Crippen LogP contribution is -2.51. The van der Waals surface area contributed by atoms with E-state index in [1.165, 1.54) is 30.5 Å². The molecular weight excluding hydrogens is 378 g/mol. The van der Waals surface area contributed by atoms with E-state index in [0.717, 1.165) is 32.1 Å². The number of hydrogen-bond donors (Lipinski definition) is 1. The van der Waals surface area contributed by atoms with E-state index in [2.05, 4.69) is 53.2 Å². The third-order valence-corrected chi connectivity index (χ3v) is 6.17. The molecule has 0 aromatic heterocycles. The molecule has 1 aromatic carbocycles. The highest BCUT2D eigenvalue weighted by atomic mass is 16.5. The molecule has 30 heavy (non-hydrogen) atoms. The number of morpholine rings is 1. The van der Waals surface area contributed by atoms with Gasteiger partial charge >= 0.3 is 0 Å². The maximum atomic E-state index is 12.2. The third-order valence-electron chi connectivity index (χ3n) is 6.17. The fourth-order valence-electron chi connectivity index (χ4n) is 4.28. The summed E-state index contributed by atoms with van der Waals surface area (Å²) in [5, 5.41) is 3.58. The van der Waals surface area contributed by atoms with Gasteiger partial charge in [-0.25, -0.2) is 4.99 Å². The van der Waals surface area contributed by atoms with Gasteiger partial charge in [0.15, 0.2) is 5.96 Å². The number of benzene rings is 1. The lowest BCUT2D eigenvalue weighted by molar-refractivity contribution is -0.127. The number of hydrogen-bond acceptors (Lipinski definition) is 4. The van der Waals surface area contributed by atoms with Gasteiger partial charge in [0, 0.05) is 33.2 Å². The molecule has 1 aromatic rings. The van der Waals surface area contributed by atoms with Crippen molar-refractivity contribution in [2.24, 2.45) is 4.99 Å². The van der Waals surface area contributed by atoms with Crippen LogP contribution in [0, 0.1) is 6.92 Å². The van der Waals surface area contributed by atoms with Gasteiger partial charge in [-0.1, -0.05) is 31.2 Å². The Hall–Kier alpha value is -2.12. The first-order valence-corrected chi connectivity index (χ1v) is 11.1. The summed E-state index contributed by atoms with van der Waals surface area (Å²) >= 11 is 0. The van der Waals surface area contributed by atoms with Crippen LogP contribution in [-0.2, 0) is 9.53 Å². The quantitative estimate of drug-likeness (QED) is 0.568. The molecule has 7 nitrogen and oxygen atoms in total. The lowest BCUT2D eigenvalue weighted by atomic mass is 10.0. The number of nitrogens with one attached hydrogen (secondary N) is 1. The minimum atomic E-state index is 0.00839. The Morgan fingerprint density at radius 1 is 1.30 bits per heavy atom. The van der Waals surface area contributed by atoms with Gasteiger partial charge in [-0.05, 0) is 44.0 Å². The fraction of sp³-hybridized carbons (Fsp3) is 0.652. The molecule has 0 radical (unpaired) electrons. The van der Waals surface area contributed by atoms with Crippen LogP contribution in [0.2, 0.25) is 0 Å². The van der Waals surface area contributed by atoms with Crippen molar-refractivity contribution in [1.82, 2.24) is 20.0 Å². The van der Waals surface area contributed by atoms with Crippen LogP contribution in [0.1, 0.15) is 37.0 Å². The van der Waals surface area contributed by atoms with Gasteiger partial charge in [0.05, 0.1) is 13.2 Å². The molecule has 2 fully saturated rings. The number of amides is 1. The second-order valence-corrected chi connectivity index (χ2v) is 8.40. The van der Waals surface area contributed by atoms with Crippen LogP contribution < -0.4 is 5.32 Å². The predicted molar refractivity (Wildman–Crippen MR) is 121 cm³/mol. The van der Waals surface area contributed by atoms with Crippen molar-refractivity contribution in [3.05, 3.63) is 35.4 Å². The van der Waals surface area contributed by atoms with Crippen LogP contribution in [0.5, 0.6) is 0 Å². The molecule has 0 spiro atoms. The van der Waals surface area contributed by atoms with Crippen LogP contribution in [0.4, 0.5) is 0 Å². The predicted octanol–water partition coefficient (Wildman–Crippen LogP) is 1.89. The van der Waals surface area contributed by atoms with Crippen molar-refractivity contribution in [2.45, 2.75) is 38.8 Å². The zero-order valence-electron chi connectivity index (χ0n) is 18.9. The molecule has 166 valence electrons. The van der Waals surface area contributed by atoms with Crippen molar-refractivity contribution >= 4 is 11.9 Å². The monoisotopic (exact) mass is 415 g/mol. The van der Waals surface area contributed by atoms with Crippen molar-refractivity contribution in [2.75, 3.05) is 60.0 Å². The van der Waals surface area contributed by atoms with E-state index in [0.29, 0.717) is 12.6 Å². The normalized spacial score (nSPS) is 22.9. The summed E-state index contributed by atoms with van der Waals surface area (Å²) in [5.74, 6) is 0.823. The number of aryl methyl sites for hydroxylation is 1. The standard InChI is InChI=1S/C23H37N5O2/c1-5-27-12-8-10-19(27)15-24-23(25-16-22(29)26(3)4)28-13-14-30-21(17-28)20-11-7-6-9-18(20)2/h6-7,9,11,19,21H,5,8,10,12-17H2,1-4H3,(H,24,25). The highest BCUT2D eigenvalue weighted by Crippen LogP contribution is 2.25. The van der Waals surface area contributed by atoms with Gasteiger partial charge in [-0.2, -0.15) is 0 Å². The van der Waals surface area contributed by atoms with Crippen LogP contribution in [-0.4, -0.2) is 92.6 Å². The third kappa shape index (κ3) is 5.73. The zero-order chi connectivity index (χ0) is 21.5. The topological polar surface area (TPSA) is 60.4 Å². The van der Waals surface area contributed by atoms with E-state index in [1.54, 1.807) is 19.0 Å². The number of carbonyl (C=O) groups is 1. The molecule has 2 aliphatic heterocycles. The first-order chi connectivity index (χ1) is 14.5. The average Bonchev–Trinajstić information content (AvgIpc) is 3.21. The number of ether oxygens (including phenoxy) is 1. The Balaban J connectivity index is 1.72. The van der Waals surface area contributed by atoms with Crippen LogP contribution in [0.25, 0.3) is 0 Å². The molecule has 1 amide bonds. The molecule has 0 saturated carbocycles. The number of carbonyl (C=O) groups excluding carboxylic acids is 1. The van der Waals surface area contributed by atoms with Crippen LogP contribution >= 0.6 is 0 Å². The van der Waals surface area contributed by atoms with E-state index >= 15 is 0 Å². The van der Waals surface area contributed by atoms with E-state index in [9.17, 15) is 4.79 Å². The first kappa shape index (κ1) is 22.6. The van der Waals surface area contributed by atoms with Gasteiger partial charge in [0.1, 0.15) is 12.6 Å². The first-order valence-electron chi connectivity index (χ1n) is 11.1. The van der Waals surface area contributed by atoms with Gasteiger partial charge in [-0.15, -0.1) is 0 Å². The van der Waals surface area contributed by atoms with Crippen molar-refractivity contribution in [3.8, 4) is 0 Å². The molecule has 2 unspecified atom stereocenters. The van der Waals surface area contributed by atoms with E-state index in [-0.39, 0.29) is 18.6 Å². The van der Waals surface area contributed by atoms with Crippen molar-refractivity contribution in [1.29, 1.82) is 0 Å². The molecule has 0 aliphatic carbocycles. The molecule has 7 heteroatoms. The second kappa shape index (κ2) is 10.8. The van der Waals surface area contributed by atoms with Gasteiger partial charge in [-0.3, -0.25) is 9.69 Å². The van der Waals surface area contributed by atoms with Gasteiger partial charge in [0.25, 0.3) is 0 Å². The Morgan fingerprint density at radius 2 is 2.10 bits per heavy atom. The van der Waals surface area contributed by atoms with E-state index in [1.807, 2.05) is 0 Å². The Kier molecular flexibility index (Phi) is 8.10. The average molecular weight is 416 g/mol. The molecule has 3 rings (SSSR count). The summed E-state index contributed by atoms with van der Waals surface area (Å²) in [4.78, 5) is 23.2. The highest BCUT2D eigenvalue weighted by molar-refractivity contribution is 5.85. The summed E-state index contributed by atoms with van der Waals surface area (Å²) in [6.07, 6.45) is 2.47. The Bertz CT molecular complexity index is 736. The Morgan fingerprint density at radius 3 is 2.83 bits per heavy atom.